The fraction of sp³-hybridized carbons (Fsp3) is 0.258. The van der Waals surface area contributed by atoms with Crippen LogP contribution in [0.3, 0.4) is 0 Å². The topological polar surface area (TPSA) is 94.0 Å². The lowest BCUT2D eigenvalue weighted by Gasteiger charge is -2.44. The van der Waals surface area contributed by atoms with Crippen molar-refractivity contribution in [1.29, 1.82) is 0 Å². The predicted molar refractivity (Wildman–Crippen MR) is 146 cm³/mol. The number of carbonyl (C=O) groups is 2. The van der Waals surface area contributed by atoms with Crippen LogP contribution in [0.2, 0.25) is 0 Å². The van der Waals surface area contributed by atoms with Gasteiger partial charge in [-0.1, -0.05) is 48.5 Å². The normalized spacial score (nSPS) is 17.4. The molecule has 0 unspecified atom stereocenters. The molecule has 2 heterocycles. The fourth-order valence-electron chi connectivity index (χ4n) is 5.55. The number of rotatable bonds is 6. The number of carbonyl (C=O) groups excluding carboxylic acids is 2. The van der Waals surface area contributed by atoms with Crippen molar-refractivity contribution in [3.05, 3.63) is 102 Å². The molecule has 7 nitrogen and oxygen atoms in total. The molecule has 212 valence electrons. The van der Waals surface area contributed by atoms with E-state index in [4.69, 9.17) is 0 Å². The van der Waals surface area contributed by atoms with Gasteiger partial charge in [-0.05, 0) is 54.7 Å². The number of amides is 2. The molecular weight excluding hydrogens is 535 g/mol. The first-order chi connectivity index (χ1) is 19.6. The summed E-state index contributed by atoms with van der Waals surface area (Å²) in [5, 5.41) is 20.5. The summed E-state index contributed by atoms with van der Waals surface area (Å²) in [5.74, 6) is -2.97. The number of nitrogens with zero attached hydrogens (tertiary/aromatic N) is 3. The number of alkyl halides is 3. The number of likely N-dealkylation sites (tertiary alicyclic amines) is 1. The van der Waals surface area contributed by atoms with Crippen LogP contribution >= 0.6 is 0 Å². The lowest BCUT2D eigenvalue weighted by atomic mass is 9.90. The van der Waals surface area contributed by atoms with E-state index in [1.165, 1.54) is 18.3 Å². The lowest BCUT2D eigenvalue weighted by molar-refractivity contribution is -0.189. The van der Waals surface area contributed by atoms with Crippen molar-refractivity contribution < 1.29 is 33.0 Å². The molecule has 4 aromatic rings. The van der Waals surface area contributed by atoms with E-state index in [1.807, 2.05) is 30.3 Å². The molecule has 3 aromatic carbocycles. The maximum absolute atomic E-state index is 13.9. The van der Waals surface area contributed by atoms with Gasteiger partial charge in [0, 0.05) is 48.4 Å². The van der Waals surface area contributed by atoms with Crippen LogP contribution in [0.1, 0.15) is 34.3 Å². The molecule has 1 aliphatic heterocycles. The number of aromatic nitrogens is 1. The number of halogens is 3. The second-order valence-corrected chi connectivity index (χ2v) is 10.2. The zero-order chi connectivity index (χ0) is 29.1. The summed E-state index contributed by atoms with van der Waals surface area (Å²) in [7, 11) is 0. The van der Waals surface area contributed by atoms with E-state index in [0.29, 0.717) is 22.9 Å². The Morgan fingerprint density at radius 1 is 0.951 bits per heavy atom. The highest BCUT2D eigenvalue weighted by Crippen LogP contribution is 2.32. The number of phenols is 2. The summed E-state index contributed by atoms with van der Waals surface area (Å²) in [6.07, 6.45) is -3.00. The summed E-state index contributed by atoms with van der Waals surface area (Å²) >= 11 is 0. The van der Waals surface area contributed by atoms with Crippen LogP contribution in [0.15, 0.2) is 85.1 Å². The van der Waals surface area contributed by atoms with E-state index in [1.54, 1.807) is 35.2 Å². The molecule has 2 atom stereocenters. The van der Waals surface area contributed by atoms with Crippen molar-refractivity contribution in [3.8, 4) is 11.5 Å². The van der Waals surface area contributed by atoms with Crippen LogP contribution in [0.5, 0.6) is 11.5 Å². The minimum absolute atomic E-state index is 0.0606. The Kier molecular flexibility index (Phi) is 7.83. The van der Waals surface area contributed by atoms with Crippen molar-refractivity contribution >= 4 is 22.7 Å². The Balaban J connectivity index is 1.48. The van der Waals surface area contributed by atoms with Gasteiger partial charge < -0.3 is 20.0 Å². The second-order valence-electron chi connectivity index (χ2n) is 10.2. The number of pyridine rings is 1. The van der Waals surface area contributed by atoms with E-state index in [2.05, 4.69) is 4.98 Å². The molecule has 41 heavy (non-hydrogen) atoms. The van der Waals surface area contributed by atoms with Gasteiger partial charge in [-0.3, -0.25) is 14.6 Å². The molecule has 1 aromatic heterocycles. The first-order valence-corrected chi connectivity index (χ1v) is 13.2. The number of aromatic hydroxyl groups is 2. The number of hydrogen-bond donors (Lipinski definition) is 2. The third kappa shape index (κ3) is 6.26. The SMILES string of the molecule is O=C(c1cc(O)cc(O)c1)N1CC[C@H](N(Cc2ccnc3ccccc23)C(=O)C(F)(F)F)C[C@H]1Cc1ccccc1. The monoisotopic (exact) mass is 563 g/mol. The number of para-hydroxylation sites is 1. The summed E-state index contributed by atoms with van der Waals surface area (Å²) < 4.78 is 41.7. The predicted octanol–water partition coefficient (Wildman–Crippen LogP) is 5.45. The van der Waals surface area contributed by atoms with Gasteiger partial charge in [0.15, 0.2) is 0 Å². The molecule has 0 aliphatic carbocycles. The van der Waals surface area contributed by atoms with Gasteiger partial charge in [0.1, 0.15) is 11.5 Å². The second kappa shape index (κ2) is 11.5. The molecular formula is C31H28F3N3O4. The molecule has 2 amide bonds. The summed E-state index contributed by atoms with van der Waals surface area (Å²) in [4.78, 5) is 33.1. The smallest absolute Gasteiger partial charge is 0.471 e. The Bertz CT molecular complexity index is 1540. The van der Waals surface area contributed by atoms with Crippen molar-refractivity contribution in [2.45, 2.75) is 44.1 Å². The zero-order valence-electron chi connectivity index (χ0n) is 22.0. The van der Waals surface area contributed by atoms with E-state index in [9.17, 15) is 33.0 Å². The molecule has 0 radical (unpaired) electrons. The summed E-state index contributed by atoms with van der Waals surface area (Å²) in [6.45, 7) is -0.186. The van der Waals surface area contributed by atoms with Crippen LogP contribution in [0.4, 0.5) is 13.2 Å². The Labute approximate surface area is 234 Å². The van der Waals surface area contributed by atoms with E-state index in [-0.39, 0.29) is 43.0 Å². The first-order valence-electron chi connectivity index (χ1n) is 13.2. The maximum atomic E-state index is 13.9. The molecule has 1 aliphatic rings. The Morgan fingerprint density at radius 2 is 1.63 bits per heavy atom. The van der Waals surface area contributed by atoms with Crippen LogP contribution in [-0.4, -0.2) is 61.6 Å². The molecule has 10 heteroatoms. The van der Waals surface area contributed by atoms with Crippen LogP contribution < -0.4 is 0 Å². The summed E-state index contributed by atoms with van der Waals surface area (Å²) in [6, 6.07) is 20.2. The third-order valence-electron chi connectivity index (χ3n) is 7.44. The number of fused-ring (bicyclic) bond motifs is 1. The van der Waals surface area contributed by atoms with E-state index >= 15 is 0 Å². The number of benzene rings is 3. The molecule has 5 rings (SSSR count). The highest BCUT2D eigenvalue weighted by atomic mass is 19.4. The zero-order valence-corrected chi connectivity index (χ0v) is 22.0. The molecule has 1 fully saturated rings. The van der Waals surface area contributed by atoms with Gasteiger partial charge in [0.05, 0.1) is 5.52 Å². The van der Waals surface area contributed by atoms with E-state index in [0.717, 1.165) is 16.5 Å². The molecule has 0 saturated carbocycles. The van der Waals surface area contributed by atoms with Gasteiger partial charge in [0.25, 0.3) is 5.91 Å². The van der Waals surface area contributed by atoms with Crippen molar-refractivity contribution in [3.63, 3.8) is 0 Å². The maximum Gasteiger partial charge on any atom is 0.471 e. The summed E-state index contributed by atoms with van der Waals surface area (Å²) in [5.41, 5.74) is 2.09. The van der Waals surface area contributed by atoms with Gasteiger partial charge in [0.2, 0.25) is 0 Å². The van der Waals surface area contributed by atoms with Crippen LogP contribution in [0.25, 0.3) is 10.9 Å². The number of piperidine rings is 1. The standard InChI is InChI=1S/C31H28F3N3O4/c32-31(33,34)30(41)37(19-21-10-12-35-28-9-5-4-8-27(21)28)23-11-13-36(24(17-23)14-20-6-2-1-3-7-20)29(40)22-15-25(38)18-26(39)16-22/h1-10,12,15-16,18,23-24,38-39H,11,13-14,17,19H2/t23-,24+/m0/s1. The van der Waals surface area contributed by atoms with Gasteiger partial charge in [-0.2, -0.15) is 13.2 Å². The van der Waals surface area contributed by atoms with Crippen molar-refractivity contribution in [2.75, 3.05) is 6.54 Å². The minimum atomic E-state index is -5.08. The van der Waals surface area contributed by atoms with Crippen molar-refractivity contribution in [2.24, 2.45) is 0 Å². The molecule has 1 saturated heterocycles. The van der Waals surface area contributed by atoms with E-state index < -0.39 is 30.1 Å². The lowest BCUT2D eigenvalue weighted by Crippen LogP contribution is -2.55. The Morgan fingerprint density at radius 3 is 2.34 bits per heavy atom. The highest BCUT2D eigenvalue weighted by molar-refractivity contribution is 5.95. The number of hydrogen-bond acceptors (Lipinski definition) is 5. The fourth-order valence-corrected chi connectivity index (χ4v) is 5.55. The number of phenolic OH excluding ortho intramolecular Hbond substituents is 2. The Hall–Kier alpha value is -4.60. The van der Waals surface area contributed by atoms with Crippen LogP contribution in [-0.2, 0) is 17.8 Å². The highest BCUT2D eigenvalue weighted by Gasteiger charge is 2.46. The molecule has 0 bridgehead atoms. The van der Waals surface area contributed by atoms with Crippen LogP contribution in [0, 0.1) is 0 Å². The quantitative estimate of drug-likeness (QED) is 0.325. The van der Waals surface area contributed by atoms with Gasteiger partial charge >= 0.3 is 12.1 Å². The first kappa shape index (κ1) is 27.9. The largest absolute Gasteiger partial charge is 0.508 e. The van der Waals surface area contributed by atoms with Gasteiger partial charge in [-0.15, -0.1) is 0 Å². The van der Waals surface area contributed by atoms with Crippen molar-refractivity contribution in [1.82, 2.24) is 14.8 Å². The average Bonchev–Trinajstić information content (AvgIpc) is 2.95. The van der Waals surface area contributed by atoms with Gasteiger partial charge in [-0.25, -0.2) is 0 Å². The molecule has 0 spiro atoms. The molecule has 2 N–H and O–H groups in total. The average molecular weight is 564 g/mol. The third-order valence-corrected chi connectivity index (χ3v) is 7.44. The minimum Gasteiger partial charge on any atom is -0.508 e.